The predicted molar refractivity (Wildman–Crippen MR) is 73.1 cm³/mol. The van der Waals surface area contributed by atoms with Gasteiger partial charge in [-0.3, -0.25) is 0 Å². The molecule has 2 N–H and O–H groups in total. The van der Waals surface area contributed by atoms with E-state index in [0.717, 1.165) is 10.0 Å². The van der Waals surface area contributed by atoms with Crippen molar-refractivity contribution in [3.8, 4) is 5.75 Å². The van der Waals surface area contributed by atoms with Gasteiger partial charge < -0.3 is 10.5 Å². The van der Waals surface area contributed by atoms with Crippen molar-refractivity contribution >= 4 is 31.5 Å². The first-order valence-corrected chi connectivity index (χ1v) is 8.01. The summed E-state index contributed by atoms with van der Waals surface area (Å²) in [6.45, 7) is 2.24. The monoisotopic (exact) mass is 321 g/mol. The number of nitrogens with two attached hydrogens (primary N) is 1. The molecule has 0 heterocycles. The number of anilines is 1. The van der Waals surface area contributed by atoms with Crippen LogP contribution in [0.25, 0.3) is 0 Å². The molecule has 6 heteroatoms. The van der Waals surface area contributed by atoms with Crippen LogP contribution in [0.4, 0.5) is 5.69 Å². The number of rotatable bonds is 5. The lowest BCUT2D eigenvalue weighted by Gasteiger charge is -2.12. The maximum absolute atomic E-state index is 10.9. The largest absolute Gasteiger partial charge is 0.491 e. The zero-order valence-corrected chi connectivity index (χ0v) is 12.3. The lowest BCUT2D eigenvalue weighted by atomic mass is 10.2. The van der Waals surface area contributed by atoms with Crippen molar-refractivity contribution in [2.75, 3.05) is 24.3 Å². The minimum atomic E-state index is -2.92. The molecule has 1 aromatic rings. The summed E-state index contributed by atoms with van der Waals surface area (Å²) in [5, 5.41) is 0. The van der Waals surface area contributed by atoms with Crippen LogP contribution in [0.1, 0.15) is 12.0 Å². The molecule has 96 valence electrons. The molecule has 0 saturated carbocycles. The van der Waals surface area contributed by atoms with Gasteiger partial charge in [0, 0.05) is 10.7 Å². The number of halogens is 1. The number of sulfone groups is 1. The summed E-state index contributed by atoms with van der Waals surface area (Å²) in [4.78, 5) is 0. The highest BCUT2D eigenvalue weighted by molar-refractivity contribution is 9.10. The lowest BCUT2D eigenvalue weighted by molar-refractivity contribution is 0.317. The van der Waals surface area contributed by atoms with E-state index in [1.807, 2.05) is 13.0 Å². The molecule has 0 amide bonds. The maximum Gasteiger partial charge on any atom is 0.147 e. The van der Waals surface area contributed by atoms with Gasteiger partial charge >= 0.3 is 0 Å². The zero-order chi connectivity index (χ0) is 13.1. The van der Waals surface area contributed by atoms with Crippen LogP contribution >= 0.6 is 15.9 Å². The molecular formula is C11H16BrNO3S. The van der Waals surface area contributed by atoms with Crippen LogP contribution in [0.3, 0.4) is 0 Å². The fraction of sp³-hybridized carbons (Fsp3) is 0.455. The van der Waals surface area contributed by atoms with Gasteiger partial charge in [0.2, 0.25) is 0 Å². The molecule has 1 rings (SSSR count). The highest BCUT2D eigenvalue weighted by atomic mass is 79.9. The molecule has 0 aromatic heterocycles. The fourth-order valence-electron chi connectivity index (χ4n) is 1.45. The number of nitrogen functional groups attached to an aromatic ring is 1. The molecule has 0 bridgehead atoms. The Balaban J connectivity index is 2.58. The van der Waals surface area contributed by atoms with E-state index in [1.54, 1.807) is 6.07 Å². The summed E-state index contributed by atoms with van der Waals surface area (Å²) < 4.78 is 28.3. The molecule has 17 heavy (non-hydrogen) atoms. The Labute approximate surface area is 110 Å². The first-order valence-electron chi connectivity index (χ1n) is 5.16. The highest BCUT2D eigenvalue weighted by Gasteiger charge is 2.07. The number of ether oxygens (including phenoxy) is 1. The minimum absolute atomic E-state index is 0.127. The van der Waals surface area contributed by atoms with Gasteiger partial charge in [0.25, 0.3) is 0 Å². The van der Waals surface area contributed by atoms with Crippen molar-refractivity contribution in [2.24, 2.45) is 0 Å². The Kier molecular flexibility index (Phi) is 4.82. The summed E-state index contributed by atoms with van der Waals surface area (Å²) in [5.74, 6) is 0.754. The summed E-state index contributed by atoms with van der Waals surface area (Å²) in [6, 6.07) is 3.67. The first kappa shape index (κ1) is 14.3. The maximum atomic E-state index is 10.9. The average molecular weight is 322 g/mol. The van der Waals surface area contributed by atoms with Crippen LogP contribution in [-0.4, -0.2) is 27.0 Å². The van der Waals surface area contributed by atoms with Crippen molar-refractivity contribution in [3.05, 3.63) is 22.2 Å². The Morgan fingerprint density at radius 2 is 2.06 bits per heavy atom. The van der Waals surface area contributed by atoms with Crippen LogP contribution in [0.15, 0.2) is 16.6 Å². The van der Waals surface area contributed by atoms with Gasteiger partial charge in [-0.1, -0.05) is 15.9 Å². The lowest BCUT2D eigenvalue weighted by Crippen LogP contribution is -2.09. The second-order valence-corrected chi connectivity index (χ2v) is 7.15. The van der Waals surface area contributed by atoms with Gasteiger partial charge in [0.15, 0.2) is 0 Å². The van der Waals surface area contributed by atoms with E-state index in [0.29, 0.717) is 24.5 Å². The third kappa shape index (κ3) is 4.95. The SMILES string of the molecule is Cc1cc(Br)cc(N)c1OCCCS(C)(=O)=O. The number of hydrogen-bond donors (Lipinski definition) is 1. The molecule has 1 aromatic carbocycles. The van der Waals surface area contributed by atoms with E-state index in [-0.39, 0.29) is 5.75 Å². The van der Waals surface area contributed by atoms with Crippen molar-refractivity contribution in [3.63, 3.8) is 0 Å². The van der Waals surface area contributed by atoms with Crippen LogP contribution in [0.5, 0.6) is 5.75 Å². The topological polar surface area (TPSA) is 69.4 Å². The summed E-state index contributed by atoms with van der Waals surface area (Å²) in [7, 11) is -2.92. The molecule has 0 atom stereocenters. The molecular weight excluding hydrogens is 306 g/mol. The zero-order valence-electron chi connectivity index (χ0n) is 9.86. The summed E-state index contributed by atoms with van der Waals surface area (Å²) in [6.07, 6.45) is 1.68. The van der Waals surface area contributed by atoms with Crippen molar-refractivity contribution in [1.29, 1.82) is 0 Å². The second-order valence-electron chi connectivity index (χ2n) is 3.97. The molecule has 0 aliphatic carbocycles. The molecule has 0 radical (unpaired) electrons. The molecule has 0 spiro atoms. The standard InChI is InChI=1S/C11H16BrNO3S/c1-8-6-9(12)7-10(13)11(8)16-4-3-5-17(2,14)15/h6-7H,3-5,13H2,1-2H3. The van der Waals surface area contributed by atoms with E-state index in [9.17, 15) is 8.42 Å². The van der Waals surface area contributed by atoms with E-state index >= 15 is 0 Å². The Morgan fingerprint density at radius 1 is 1.41 bits per heavy atom. The van der Waals surface area contributed by atoms with Gasteiger partial charge in [-0.25, -0.2) is 8.42 Å². The smallest absolute Gasteiger partial charge is 0.147 e. The molecule has 0 aliphatic heterocycles. The third-order valence-electron chi connectivity index (χ3n) is 2.17. The Bertz CT molecular complexity index is 476. The van der Waals surface area contributed by atoms with E-state index in [4.69, 9.17) is 10.5 Å². The Morgan fingerprint density at radius 3 is 2.59 bits per heavy atom. The van der Waals surface area contributed by atoms with E-state index in [1.165, 1.54) is 6.26 Å². The quantitative estimate of drug-likeness (QED) is 0.666. The molecule has 4 nitrogen and oxygen atoms in total. The minimum Gasteiger partial charge on any atom is -0.491 e. The third-order valence-corrected chi connectivity index (χ3v) is 3.66. The van der Waals surface area contributed by atoms with Gasteiger partial charge in [-0.15, -0.1) is 0 Å². The fourth-order valence-corrected chi connectivity index (χ4v) is 2.68. The first-order chi connectivity index (χ1) is 7.79. The summed E-state index contributed by atoms with van der Waals surface area (Å²) >= 11 is 3.34. The Hall–Kier alpha value is -0.750. The van der Waals surface area contributed by atoms with Crippen LogP contribution in [0.2, 0.25) is 0 Å². The van der Waals surface area contributed by atoms with Crippen LogP contribution in [0, 0.1) is 6.92 Å². The van der Waals surface area contributed by atoms with E-state index in [2.05, 4.69) is 15.9 Å². The predicted octanol–water partition coefficient (Wildman–Crippen LogP) is 2.15. The normalized spacial score (nSPS) is 11.5. The van der Waals surface area contributed by atoms with Gasteiger partial charge in [-0.2, -0.15) is 0 Å². The molecule has 0 saturated heterocycles. The number of hydrogen-bond acceptors (Lipinski definition) is 4. The summed E-state index contributed by atoms with van der Waals surface area (Å²) in [5.41, 5.74) is 7.30. The molecule has 0 aliphatic rings. The number of aryl methyl sites for hydroxylation is 1. The van der Waals surface area contributed by atoms with Gasteiger partial charge in [-0.05, 0) is 31.0 Å². The highest BCUT2D eigenvalue weighted by Crippen LogP contribution is 2.30. The molecule has 0 unspecified atom stereocenters. The van der Waals surface area contributed by atoms with Crippen LogP contribution < -0.4 is 10.5 Å². The van der Waals surface area contributed by atoms with Crippen molar-refractivity contribution < 1.29 is 13.2 Å². The molecule has 0 fully saturated rings. The number of benzene rings is 1. The van der Waals surface area contributed by atoms with Crippen molar-refractivity contribution in [2.45, 2.75) is 13.3 Å². The van der Waals surface area contributed by atoms with Gasteiger partial charge in [0.05, 0.1) is 18.0 Å². The average Bonchev–Trinajstić information content (AvgIpc) is 2.13. The second kappa shape index (κ2) is 5.73. The van der Waals surface area contributed by atoms with Crippen molar-refractivity contribution in [1.82, 2.24) is 0 Å². The van der Waals surface area contributed by atoms with Gasteiger partial charge in [0.1, 0.15) is 15.6 Å². The van der Waals surface area contributed by atoms with E-state index < -0.39 is 9.84 Å². The van der Waals surface area contributed by atoms with Crippen LogP contribution in [-0.2, 0) is 9.84 Å².